The Hall–Kier alpha value is -3.13. The van der Waals surface area contributed by atoms with Gasteiger partial charge in [-0.2, -0.15) is 5.10 Å². The number of hydrogen-bond donors (Lipinski definition) is 1. The third-order valence-electron chi connectivity index (χ3n) is 5.12. The normalized spacial score (nSPS) is 15.7. The molecule has 31 heavy (non-hydrogen) atoms. The van der Waals surface area contributed by atoms with E-state index in [9.17, 15) is 9.18 Å². The van der Waals surface area contributed by atoms with Crippen molar-refractivity contribution in [1.29, 1.82) is 0 Å². The molecule has 0 aliphatic heterocycles. The lowest BCUT2D eigenvalue weighted by molar-refractivity contribution is 0.0954. The largest absolute Gasteiger partial charge is 0.347 e. The first-order valence-corrected chi connectivity index (χ1v) is 11.0. The number of allylic oxidation sites excluding steroid dienone is 4. The lowest BCUT2D eigenvalue weighted by atomic mass is 10.0. The highest BCUT2D eigenvalue weighted by Gasteiger charge is 2.18. The van der Waals surface area contributed by atoms with E-state index in [4.69, 9.17) is 0 Å². The van der Waals surface area contributed by atoms with Crippen molar-refractivity contribution >= 4 is 17.2 Å². The van der Waals surface area contributed by atoms with Crippen LogP contribution in [-0.4, -0.2) is 31.8 Å². The van der Waals surface area contributed by atoms with Gasteiger partial charge in [-0.15, -0.1) is 11.3 Å². The molecule has 0 bridgehead atoms. The number of aromatic nitrogens is 4. The zero-order valence-electron chi connectivity index (χ0n) is 17.5. The predicted molar refractivity (Wildman–Crippen MR) is 120 cm³/mol. The van der Waals surface area contributed by atoms with Crippen LogP contribution in [0.25, 0.3) is 10.7 Å². The Labute approximate surface area is 184 Å². The number of pyridine rings is 1. The molecule has 0 saturated heterocycles. The summed E-state index contributed by atoms with van der Waals surface area (Å²) in [5, 5.41) is 8.33. The Balaban J connectivity index is 1.42. The molecule has 0 unspecified atom stereocenters. The number of alkyl halides is 1. The molecule has 3 aromatic heterocycles. The summed E-state index contributed by atoms with van der Waals surface area (Å²) in [6, 6.07) is 5.75. The summed E-state index contributed by atoms with van der Waals surface area (Å²) in [4.78, 5) is 21.9. The zero-order chi connectivity index (χ0) is 21.8. The van der Waals surface area contributed by atoms with Gasteiger partial charge < -0.3 is 5.32 Å². The Morgan fingerprint density at radius 3 is 3.00 bits per heavy atom. The van der Waals surface area contributed by atoms with Gasteiger partial charge in [-0.25, -0.2) is 9.37 Å². The van der Waals surface area contributed by atoms with E-state index in [0.29, 0.717) is 30.1 Å². The average Bonchev–Trinajstić information content (AvgIpc) is 3.35. The number of thiazole rings is 1. The number of carbonyl (C=O) groups excluding carboxylic acids is 1. The first-order chi connectivity index (χ1) is 15.0. The number of hydrogen-bond acceptors (Lipinski definition) is 5. The van der Waals surface area contributed by atoms with Crippen molar-refractivity contribution in [2.24, 2.45) is 0 Å². The van der Waals surface area contributed by atoms with E-state index in [0.717, 1.165) is 34.0 Å². The number of amides is 1. The average molecular weight is 438 g/mol. The standard InChI is InChI=1S/C23H24FN5OS/c1-15-12-20(28-29(15)11-9-17-5-7-19(24)8-6-17)23-27-16(2)21(31-23)22(30)26-14-18-4-3-10-25-13-18/h3-7,10,12-13,19H,8-9,11,14H2,1-2H3,(H,26,30)/t19-/m1/s1. The minimum absolute atomic E-state index is 0.150. The quantitative estimate of drug-likeness (QED) is 0.588. The van der Waals surface area contributed by atoms with Crippen LogP contribution >= 0.6 is 11.3 Å². The Bertz CT molecular complexity index is 1130. The van der Waals surface area contributed by atoms with Crippen molar-refractivity contribution in [3.63, 3.8) is 0 Å². The summed E-state index contributed by atoms with van der Waals surface area (Å²) in [5.41, 5.74) is 4.54. The molecule has 1 atom stereocenters. The molecule has 1 N–H and O–H groups in total. The molecule has 1 amide bonds. The lowest BCUT2D eigenvalue weighted by Gasteiger charge is -2.10. The second-order valence-corrected chi connectivity index (χ2v) is 8.51. The third kappa shape index (κ3) is 5.14. The predicted octanol–water partition coefficient (Wildman–Crippen LogP) is 4.56. The van der Waals surface area contributed by atoms with Gasteiger partial charge in [0.15, 0.2) is 0 Å². The molecule has 3 heterocycles. The molecule has 0 radical (unpaired) electrons. The molecular formula is C23H24FN5OS. The summed E-state index contributed by atoms with van der Waals surface area (Å²) in [6.45, 7) is 4.96. The van der Waals surface area contributed by atoms with Crippen LogP contribution in [0.2, 0.25) is 0 Å². The van der Waals surface area contributed by atoms with Crippen LogP contribution < -0.4 is 5.32 Å². The van der Waals surface area contributed by atoms with Gasteiger partial charge in [-0.1, -0.05) is 29.9 Å². The van der Waals surface area contributed by atoms with Crippen LogP contribution in [-0.2, 0) is 13.1 Å². The van der Waals surface area contributed by atoms with Gasteiger partial charge in [0.25, 0.3) is 5.91 Å². The molecule has 0 fully saturated rings. The van der Waals surface area contributed by atoms with Gasteiger partial charge in [0.2, 0.25) is 0 Å². The van der Waals surface area contributed by atoms with Gasteiger partial charge in [-0.05, 0) is 38.0 Å². The number of nitrogens with zero attached hydrogens (tertiary/aromatic N) is 4. The molecule has 0 spiro atoms. The highest BCUT2D eigenvalue weighted by atomic mass is 32.1. The molecule has 1 aliphatic carbocycles. The maximum atomic E-state index is 13.2. The van der Waals surface area contributed by atoms with Crippen molar-refractivity contribution in [3.05, 3.63) is 76.2 Å². The number of carbonyl (C=O) groups is 1. The van der Waals surface area contributed by atoms with Crippen LogP contribution in [0.3, 0.4) is 0 Å². The van der Waals surface area contributed by atoms with Crippen LogP contribution in [0.5, 0.6) is 0 Å². The Morgan fingerprint density at radius 2 is 2.26 bits per heavy atom. The molecule has 8 heteroatoms. The fourth-order valence-electron chi connectivity index (χ4n) is 3.38. The van der Waals surface area contributed by atoms with Gasteiger partial charge in [0, 0.05) is 37.6 Å². The molecule has 4 rings (SSSR count). The molecule has 0 aromatic carbocycles. The van der Waals surface area contributed by atoms with Crippen molar-refractivity contribution in [3.8, 4) is 10.7 Å². The van der Waals surface area contributed by atoms with Crippen LogP contribution in [0.4, 0.5) is 4.39 Å². The van der Waals surface area contributed by atoms with Crippen molar-refractivity contribution in [1.82, 2.24) is 25.1 Å². The van der Waals surface area contributed by atoms with Gasteiger partial charge >= 0.3 is 0 Å². The summed E-state index contributed by atoms with van der Waals surface area (Å²) >= 11 is 1.35. The number of rotatable bonds is 7. The lowest BCUT2D eigenvalue weighted by Crippen LogP contribution is -2.22. The van der Waals surface area contributed by atoms with E-state index in [2.05, 4.69) is 20.4 Å². The monoisotopic (exact) mass is 437 g/mol. The first kappa shape index (κ1) is 21.1. The summed E-state index contributed by atoms with van der Waals surface area (Å²) in [6.07, 6.45) is 9.22. The molecule has 6 nitrogen and oxygen atoms in total. The van der Waals surface area contributed by atoms with Crippen LogP contribution in [0, 0.1) is 13.8 Å². The summed E-state index contributed by atoms with van der Waals surface area (Å²) < 4.78 is 15.2. The second kappa shape index (κ2) is 9.34. The molecule has 1 aliphatic rings. The van der Waals surface area contributed by atoms with E-state index in [-0.39, 0.29) is 5.91 Å². The number of halogens is 1. The second-order valence-electron chi connectivity index (χ2n) is 7.51. The number of nitrogens with one attached hydrogen (secondary N) is 1. The molecule has 0 saturated carbocycles. The molecular weight excluding hydrogens is 413 g/mol. The van der Waals surface area contributed by atoms with Crippen molar-refractivity contribution < 1.29 is 9.18 Å². The molecule has 160 valence electrons. The van der Waals surface area contributed by atoms with Gasteiger partial charge in [0.05, 0.1) is 5.69 Å². The van der Waals surface area contributed by atoms with E-state index >= 15 is 0 Å². The maximum Gasteiger partial charge on any atom is 0.263 e. The van der Waals surface area contributed by atoms with E-state index in [1.165, 1.54) is 11.3 Å². The van der Waals surface area contributed by atoms with Crippen LogP contribution in [0.15, 0.2) is 54.4 Å². The topological polar surface area (TPSA) is 72.7 Å². The van der Waals surface area contributed by atoms with Crippen LogP contribution in [0.1, 0.15) is 39.5 Å². The third-order valence-corrected chi connectivity index (χ3v) is 6.29. The smallest absolute Gasteiger partial charge is 0.263 e. The van der Waals surface area contributed by atoms with E-state index in [1.54, 1.807) is 18.5 Å². The van der Waals surface area contributed by atoms with Crippen molar-refractivity contribution in [2.45, 2.75) is 46.0 Å². The van der Waals surface area contributed by atoms with E-state index < -0.39 is 6.17 Å². The molecule has 3 aromatic rings. The first-order valence-electron chi connectivity index (χ1n) is 10.2. The van der Waals surface area contributed by atoms with Gasteiger partial charge in [-0.3, -0.25) is 14.5 Å². The Morgan fingerprint density at radius 1 is 1.39 bits per heavy atom. The minimum Gasteiger partial charge on any atom is -0.347 e. The highest BCUT2D eigenvalue weighted by Crippen LogP contribution is 2.28. The number of aryl methyl sites for hydroxylation is 3. The SMILES string of the molecule is Cc1nc(-c2cc(C)n(CCC3=CC[C@H](F)C=C3)n2)sc1C(=O)NCc1cccnc1. The van der Waals surface area contributed by atoms with Crippen molar-refractivity contribution in [2.75, 3.05) is 0 Å². The fourth-order valence-corrected chi connectivity index (χ4v) is 4.32. The summed E-state index contributed by atoms with van der Waals surface area (Å²) in [5.74, 6) is -0.150. The summed E-state index contributed by atoms with van der Waals surface area (Å²) in [7, 11) is 0. The maximum absolute atomic E-state index is 13.2. The highest BCUT2D eigenvalue weighted by molar-refractivity contribution is 7.17. The zero-order valence-corrected chi connectivity index (χ0v) is 18.3. The van der Waals surface area contributed by atoms with E-state index in [1.807, 2.05) is 48.9 Å². The van der Waals surface area contributed by atoms with Gasteiger partial charge in [0.1, 0.15) is 21.8 Å². The fraction of sp³-hybridized carbons (Fsp3) is 0.304. The minimum atomic E-state index is -0.870. The Kier molecular flexibility index (Phi) is 6.36.